The van der Waals surface area contributed by atoms with Gasteiger partial charge in [-0.3, -0.25) is 18.9 Å². The molecule has 4 rings (SSSR count). The lowest BCUT2D eigenvalue weighted by molar-refractivity contribution is -0.121. The molecular formula is C20H22N4O2S2. The van der Waals surface area contributed by atoms with Crippen LogP contribution in [0.1, 0.15) is 30.9 Å². The number of carbonyl (C=O) groups excluding carboxylic acids is 1. The Bertz CT molecular complexity index is 1070. The highest BCUT2D eigenvalue weighted by Crippen LogP contribution is 2.33. The van der Waals surface area contributed by atoms with Crippen LogP contribution in [0.2, 0.25) is 0 Å². The van der Waals surface area contributed by atoms with Gasteiger partial charge in [-0.05, 0) is 43.4 Å². The van der Waals surface area contributed by atoms with Crippen LogP contribution in [0.25, 0.3) is 11.7 Å². The summed E-state index contributed by atoms with van der Waals surface area (Å²) in [5, 5.41) is 0. The van der Waals surface area contributed by atoms with E-state index in [0.717, 1.165) is 31.5 Å². The first-order valence-electron chi connectivity index (χ1n) is 9.35. The first kappa shape index (κ1) is 19.1. The zero-order valence-electron chi connectivity index (χ0n) is 16.1. The summed E-state index contributed by atoms with van der Waals surface area (Å²) >= 11 is 6.45. The number of nitrogens with zero attached hydrogens (tertiary/aromatic N) is 4. The Labute approximate surface area is 173 Å². The third-order valence-corrected chi connectivity index (χ3v) is 6.89. The summed E-state index contributed by atoms with van der Waals surface area (Å²) in [6, 6.07) is 3.79. The molecule has 0 spiro atoms. The zero-order chi connectivity index (χ0) is 20.0. The number of aromatic nitrogens is 2. The molecule has 8 heteroatoms. The van der Waals surface area contributed by atoms with E-state index in [0.29, 0.717) is 32.2 Å². The van der Waals surface area contributed by atoms with Crippen molar-refractivity contribution < 1.29 is 4.79 Å². The number of aryl methyl sites for hydroxylation is 1. The summed E-state index contributed by atoms with van der Waals surface area (Å²) in [6.45, 7) is 5.90. The maximum atomic E-state index is 13.4. The van der Waals surface area contributed by atoms with Crippen LogP contribution >= 0.6 is 24.0 Å². The van der Waals surface area contributed by atoms with Crippen molar-refractivity contribution in [3.63, 3.8) is 0 Å². The molecule has 146 valence electrons. The van der Waals surface area contributed by atoms with Crippen LogP contribution in [-0.2, 0) is 4.79 Å². The molecule has 0 unspecified atom stereocenters. The number of rotatable bonds is 2. The largest absolute Gasteiger partial charge is 0.356 e. The summed E-state index contributed by atoms with van der Waals surface area (Å²) in [6.07, 6.45) is 5.51. The maximum Gasteiger partial charge on any atom is 0.267 e. The second kappa shape index (κ2) is 7.33. The molecule has 0 radical (unpaired) electrons. The van der Waals surface area contributed by atoms with E-state index in [4.69, 9.17) is 17.2 Å². The van der Waals surface area contributed by atoms with Crippen LogP contribution in [0.3, 0.4) is 0 Å². The van der Waals surface area contributed by atoms with Crippen LogP contribution in [-0.4, -0.2) is 44.6 Å². The van der Waals surface area contributed by atoms with Crippen LogP contribution in [0, 0.1) is 12.8 Å². The standard InChI is InChI=1S/C20H22N4O2S2/c1-12-6-9-23(10-7-12)17-14(11-15-19(26)22(3)20(27)28-15)18(25)24-8-4-5-13(2)16(24)21-17/h4-5,8,11-12H,6-7,9-10H2,1-3H3. The lowest BCUT2D eigenvalue weighted by Crippen LogP contribution is -2.36. The minimum atomic E-state index is -0.179. The van der Waals surface area contributed by atoms with Crippen molar-refractivity contribution in [1.82, 2.24) is 14.3 Å². The predicted octanol–water partition coefficient (Wildman–Crippen LogP) is 3.07. The van der Waals surface area contributed by atoms with Crippen molar-refractivity contribution in [2.24, 2.45) is 5.92 Å². The Kier molecular flexibility index (Phi) is 5.01. The van der Waals surface area contributed by atoms with Gasteiger partial charge in [0.2, 0.25) is 0 Å². The van der Waals surface area contributed by atoms with E-state index in [2.05, 4.69) is 11.8 Å². The third kappa shape index (κ3) is 3.24. The Morgan fingerprint density at radius 1 is 1.29 bits per heavy atom. The van der Waals surface area contributed by atoms with Gasteiger partial charge in [-0.15, -0.1) is 0 Å². The summed E-state index contributed by atoms with van der Waals surface area (Å²) < 4.78 is 2.05. The molecule has 2 saturated heterocycles. The molecule has 2 aliphatic heterocycles. The number of thioether (sulfide) groups is 1. The number of piperidine rings is 1. The predicted molar refractivity (Wildman–Crippen MR) is 118 cm³/mol. The van der Waals surface area contributed by atoms with Gasteiger partial charge in [-0.25, -0.2) is 4.98 Å². The van der Waals surface area contributed by atoms with Gasteiger partial charge in [0.15, 0.2) is 0 Å². The third-order valence-electron chi connectivity index (χ3n) is 5.41. The van der Waals surface area contributed by atoms with Gasteiger partial charge < -0.3 is 4.90 Å². The minimum Gasteiger partial charge on any atom is -0.356 e. The lowest BCUT2D eigenvalue weighted by Gasteiger charge is -2.32. The molecule has 0 atom stereocenters. The van der Waals surface area contributed by atoms with E-state index in [1.807, 2.05) is 19.1 Å². The number of fused-ring (bicyclic) bond motifs is 1. The van der Waals surface area contributed by atoms with Crippen molar-refractivity contribution in [2.45, 2.75) is 26.7 Å². The Morgan fingerprint density at radius 2 is 2.00 bits per heavy atom. The zero-order valence-corrected chi connectivity index (χ0v) is 17.8. The Hall–Kier alpha value is -2.19. The molecule has 6 nitrogen and oxygen atoms in total. The Morgan fingerprint density at radius 3 is 2.64 bits per heavy atom. The van der Waals surface area contributed by atoms with Crippen molar-refractivity contribution in [1.29, 1.82) is 0 Å². The molecule has 0 saturated carbocycles. The maximum absolute atomic E-state index is 13.4. The van der Waals surface area contributed by atoms with E-state index in [9.17, 15) is 9.59 Å². The van der Waals surface area contributed by atoms with Gasteiger partial charge in [0, 0.05) is 26.3 Å². The highest BCUT2D eigenvalue weighted by atomic mass is 32.2. The molecule has 2 fully saturated rings. The van der Waals surface area contributed by atoms with Crippen molar-refractivity contribution in [3.8, 4) is 0 Å². The lowest BCUT2D eigenvalue weighted by atomic mass is 9.99. The van der Waals surface area contributed by atoms with Gasteiger partial charge >= 0.3 is 0 Å². The second-order valence-corrected chi connectivity index (χ2v) is 9.13. The van der Waals surface area contributed by atoms with E-state index in [-0.39, 0.29) is 11.5 Å². The van der Waals surface area contributed by atoms with E-state index in [1.165, 1.54) is 16.7 Å². The van der Waals surface area contributed by atoms with Crippen molar-refractivity contribution in [3.05, 3.63) is 44.7 Å². The van der Waals surface area contributed by atoms with E-state index in [1.54, 1.807) is 23.7 Å². The average Bonchev–Trinajstić information content (AvgIpc) is 2.92. The number of hydrogen-bond acceptors (Lipinski definition) is 6. The van der Waals surface area contributed by atoms with Crippen LogP contribution < -0.4 is 10.5 Å². The Balaban J connectivity index is 1.92. The number of amides is 1. The second-order valence-electron chi connectivity index (χ2n) is 7.45. The number of hydrogen-bond donors (Lipinski definition) is 0. The van der Waals surface area contributed by atoms with Crippen LogP contribution in [0.4, 0.5) is 5.82 Å². The summed E-state index contributed by atoms with van der Waals surface area (Å²) in [4.78, 5) is 34.8. The van der Waals surface area contributed by atoms with Crippen LogP contribution in [0.5, 0.6) is 0 Å². The summed E-state index contributed by atoms with van der Waals surface area (Å²) in [5.74, 6) is 1.15. The normalized spacial score (nSPS) is 20.0. The average molecular weight is 415 g/mol. The molecule has 0 aliphatic carbocycles. The molecule has 0 N–H and O–H groups in total. The van der Waals surface area contributed by atoms with Gasteiger partial charge in [-0.2, -0.15) is 0 Å². The highest BCUT2D eigenvalue weighted by Gasteiger charge is 2.30. The monoisotopic (exact) mass is 414 g/mol. The number of thiocarbonyl (C=S) groups is 1. The molecular weight excluding hydrogens is 392 g/mol. The quantitative estimate of drug-likeness (QED) is 0.556. The smallest absolute Gasteiger partial charge is 0.267 e. The number of likely N-dealkylation sites (N-methyl/N-ethyl adjacent to an activating group) is 1. The fraction of sp³-hybridized carbons (Fsp3) is 0.400. The fourth-order valence-electron chi connectivity index (χ4n) is 3.56. The number of carbonyl (C=O) groups is 1. The van der Waals surface area contributed by atoms with Crippen LogP contribution in [0.15, 0.2) is 28.0 Å². The molecule has 2 aromatic heterocycles. The summed E-state index contributed by atoms with van der Waals surface area (Å²) in [5.41, 5.74) is 1.88. The van der Waals surface area contributed by atoms with Gasteiger partial charge in [0.1, 0.15) is 15.8 Å². The molecule has 0 bridgehead atoms. The van der Waals surface area contributed by atoms with Crippen molar-refractivity contribution in [2.75, 3.05) is 25.0 Å². The van der Waals surface area contributed by atoms with E-state index >= 15 is 0 Å². The first-order chi connectivity index (χ1) is 13.4. The van der Waals surface area contributed by atoms with Crippen molar-refractivity contribution >= 4 is 51.7 Å². The molecule has 0 aromatic carbocycles. The van der Waals surface area contributed by atoms with Gasteiger partial charge in [-0.1, -0.05) is 37.0 Å². The van der Waals surface area contributed by atoms with Gasteiger partial charge in [0.25, 0.3) is 11.5 Å². The SMILES string of the molecule is Cc1cccn2c(=O)c(C=C3SC(=S)N(C)C3=O)c(N3CCC(C)CC3)nc12. The van der Waals surface area contributed by atoms with E-state index < -0.39 is 0 Å². The molecule has 2 aromatic rings. The summed E-state index contributed by atoms with van der Waals surface area (Å²) in [7, 11) is 1.65. The molecule has 4 heterocycles. The first-order valence-corrected chi connectivity index (χ1v) is 10.6. The van der Waals surface area contributed by atoms with Gasteiger partial charge in [0.05, 0.1) is 10.5 Å². The molecule has 2 aliphatic rings. The highest BCUT2D eigenvalue weighted by molar-refractivity contribution is 8.26. The fourth-order valence-corrected chi connectivity index (χ4v) is 4.73. The minimum absolute atomic E-state index is 0.163. The topological polar surface area (TPSA) is 57.9 Å². The molecule has 28 heavy (non-hydrogen) atoms. The number of anilines is 1. The molecule has 1 amide bonds. The number of pyridine rings is 1.